The van der Waals surface area contributed by atoms with E-state index in [4.69, 9.17) is 16.3 Å². The molecule has 2 aromatic heterocycles. The Morgan fingerprint density at radius 3 is 2.73 bits per heavy atom. The molecule has 166 valence electrons. The van der Waals surface area contributed by atoms with Gasteiger partial charge in [-0.3, -0.25) is 4.79 Å². The highest BCUT2D eigenvalue weighted by Gasteiger charge is 2.15. The number of halogens is 1. The Kier molecular flexibility index (Phi) is 6.22. The van der Waals surface area contributed by atoms with Crippen LogP contribution in [0.1, 0.15) is 5.82 Å². The quantitative estimate of drug-likeness (QED) is 0.271. The van der Waals surface area contributed by atoms with E-state index < -0.39 is 0 Å². The molecule has 0 bridgehead atoms. The second-order valence-electron chi connectivity index (χ2n) is 7.26. The number of nitrogens with zero attached hydrogens (tertiary/aromatic N) is 3. The number of thiazole rings is 1. The smallest absolute Gasteiger partial charge is 0.244 e. The van der Waals surface area contributed by atoms with Crippen molar-refractivity contribution in [3.63, 3.8) is 0 Å². The summed E-state index contributed by atoms with van der Waals surface area (Å²) in [5.74, 6) is 1.22. The monoisotopic (exact) mass is 494 g/mol. The van der Waals surface area contributed by atoms with Crippen molar-refractivity contribution in [1.82, 2.24) is 14.5 Å². The standard InChI is InChI=1S/C24H19ClN4O2S2/c1-32-24-28-19-11-8-16(12-21(19)33-24)26-23(30)13-29-20-5-3-2-4-18(20)27-22(29)14-31-17-9-6-15(25)7-10-17/h2-12H,13-14H2,1H3,(H,26,30). The van der Waals surface area contributed by atoms with Gasteiger partial charge in [-0.15, -0.1) is 11.3 Å². The maximum absolute atomic E-state index is 13.0. The van der Waals surface area contributed by atoms with Crippen molar-refractivity contribution in [1.29, 1.82) is 0 Å². The molecule has 6 nitrogen and oxygen atoms in total. The van der Waals surface area contributed by atoms with Crippen LogP contribution in [0.4, 0.5) is 5.69 Å². The number of aromatic nitrogens is 3. The van der Waals surface area contributed by atoms with Crippen LogP contribution in [0, 0.1) is 0 Å². The highest BCUT2D eigenvalue weighted by molar-refractivity contribution is 8.00. The van der Waals surface area contributed by atoms with E-state index in [1.165, 1.54) is 0 Å². The van der Waals surface area contributed by atoms with Crippen LogP contribution in [0.5, 0.6) is 5.75 Å². The number of fused-ring (bicyclic) bond motifs is 2. The van der Waals surface area contributed by atoms with Gasteiger partial charge >= 0.3 is 0 Å². The van der Waals surface area contributed by atoms with Gasteiger partial charge in [0, 0.05) is 10.7 Å². The topological polar surface area (TPSA) is 69.0 Å². The Labute approximate surface area is 203 Å². The number of thioether (sulfide) groups is 1. The summed E-state index contributed by atoms with van der Waals surface area (Å²) in [6.07, 6.45) is 2.00. The number of anilines is 1. The summed E-state index contributed by atoms with van der Waals surface area (Å²) in [6.45, 7) is 0.352. The van der Waals surface area contributed by atoms with Gasteiger partial charge in [0.1, 0.15) is 24.7 Å². The molecule has 0 spiro atoms. The van der Waals surface area contributed by atoms with E-state index in [0.29, 0.717) is 16.6 Å². The van der Waals surface area contributed by atoms with Gasteiger partial charge in [0.05, 0.1) is 21.3 Å². The van der Waals surface area contributed by atoms with Crippen LogP contribution >= 0.6 is 34.7 Å². The fraction of sp³-hybridized carbons (Fsp3) is 0.125. The van der Waals surface area contributed by atoms with E-state index in [-0.39, 0.29) is 19.1 Å². The minimum atomic E-state index is -0.139. The number of amides is 1. The Hall–Kier alpha value is -3.07. The summed E-state index contributed by atoms with van der Waals surface area (Å²) < 4.78 is 9.83. The summed E-state index contributed by atoms with van der Waals surface area (Å²) in [5.41, 5.74) is 3.37. The van der Waals surface area contributed by atoms with Crippen LogP contribution in [0.15, 0.2) is 71.1 Å². The highest BCUT2D eigenvalue weighted by Crippen LogP contribution is 2.30. The third-order valence-electron chi connectivity index (χ3n) is 5.04. The van der Waals surface area contributed by atoms with Gasteiger partial charge in [0.25, 0.3) is 0 Å². The van der Waals surface area contributed by atoms with Crippen molar-refractivity contribution in [3.8, 4) is 5.75 Å². The fourth-order valence-electron chi connectivity index (χ4n) is 3.50. The van der Waals surface area contributed by atoms with E-state index in [1.807, 2.05) is 53.3 Å². The minimum absolute atomic E-state index is 0.122. The average molecular weight is 495 g/mol. The summed E-state index contributed by atoms with van der Waals surface area (Å²) in [7, 11) is 0. The third kappa shape index (κ3) is 4.83. The Morgan fingerprint density at radius 1 is 1.09 bits per heavy atom. The van der Waals surface area contributed by atoms with Crippen molar-refractivity contribution in [2.75, 3.05) is 11.6 Å². The average Bonchev–Trinajstić information content (AvgIpc) is 3.39. The van der Waals surface area contributed by atoms with E-state index in [1.54, 1.807) is 47.4 Å². The van der Waals surface area contributed by atoms with Crippen LogP contribution in [-0.2, 0) is 17.9 Å². The number of imidazole rings is 1. The molecule has 0 unspecified atom stereocenters. The SMILES string of the molecule is CSc1nc2ccc(NC(=O)Cn3c(COc4ccc(Cl)cc4)nc4ccccc43)cc2s1. The molecule has 0 fully saturated rings. The second kappa shape index (κ2) is 9.43. The number of hydrogen-bond donors (Lipinski definition) is 1. The zero-order valence-electron chi connectivity index (χ0n) is 17.6. The van der Waals surface area contributed by atoms with Crippen molar-refractivity contribution in [3.05, 3.63) is 77.6 Å². The molecule has 0 radical (unpaired) electrons. The lowest BCUT2D eigenvalue weighted by Crippen LogP contribution is -2.20. The highest BCUT2D eigenvalue weighted by atomic mass is 35.5. The van der Waals surface area contributed by atoms with E-state index in [0.717, 1.165) is 31.3 Å². The molecule has 0 aliphatic heterocycles. The Balaban J connectivity index is 1.36. The number of benzene rings is 3. The molecule has 0 saturated heterocycles. The van der Waals surface area contributed by atoms with Crippen LogP contribution in [0.25, 0.3) is 21.3 Å². The van der Waals surface area contributed by atoms with Crippen molar-refractivity contribution in [2.24, 2.45) is 0 Å². The number of para-hydroxylation sites is 2. The predicted octanol–water partition coefficient (Wildman–Crippen LogP) is 6.24. The molecule has 5 rings (SSSR count). The molecule has 0 aliphatic rings. The maximum Gasteiger partial charge on any atom is 0.244 e. The molecule has 0 saturated carbocycles. The lowest BCUT2D eigenvalue weighted by atomic mass is 10.3. The maximum atomic E-state index is 13.0. The van der Waals surface area contributed by atoms with Gasteiger partial charge in [0.2, 0.25) is 5.91 Å². The van der Waals surface area contributed by atoms with Crippen molar-refractivity contribution in [2.45, 2.75) is 17.5 Å². The van der Waals surface area contributed by atoms with Crippen molar-refractivity contribution >= 4 is 67.5 Å². The number of hydrogen-bond acceptors (Lipinski definition) is 6. The van der Waals surface area contributed by atoms with Crippen LogP contribution < -0.4 is 10.1 Å². The molecule has 33 heavy (non-hydrogen) atoms. The van der Waals surface area contributed by atoms with E-state index >= 15 is 0 Å². The normalized spacial score (nSPS) is 11.2. The van der Waals surface area contributed by atoms with Crippen LogP contribution in [0.2, 0.25) is 5.02 Å². The van der Waals surface area contributed by atoms with Gasteiger partial charge in [-0.25, -0.2) is 9.97 Å². The molecule has 0 atom stereocenters. The molecule has 2 heterocycles. The van der Waals surface area contributed by atoms with Gasteiger partial charge in [-0.05, 0) is 60.9 Å². The van der Waals surface area contributed by atoms with Gasteiger partial charge < -0.3 is 14.6 Å². The van der Waals surface area contributed by atoms with Gasteiger partial charge in [0.15, 0.2) is 4.34 Å². The number of rotatable bonds is 7. The first kappa shape index (κ1) is 21.8. The number of carbonyl (C=O) groups excluding carboxylic acids is 1. The fourth-order valence-corrected chi connectivity index (χ4v) is 5.16. The first-order valence-corrected chi connectivity index (χ1v) is 12.6. The molecule has 1 amide bonds. The van der Waals surface area contributed by atoms with E-state index in [9.17, 15) is 4.79 Å². The molecule has 5 aromatic rings. The number of nitrogens with one attached hydrogen (secondary N) is 1. The Bertz CT molecular complexity index is 1450. The predicted molar refractivity (Wildman–Crippen MR) is 136 cm³/mol. The molecular weight excluding hydrogens is 476 g/mol. The zero-order valence-corrected chi connectivity index (χ0v) is 20.0. The summed E-state index contributed by atoms with van der Waals surface area (Å²) >= 11 is 9.18. The molecular formula is C24H19ClN4O2S2. The van der Waals surface area contributed by atoms with Crippen LogP contribution in [0.3, 0.4) is 0 Å². The third-order valence-corrected chi connectivity index (χ3v) is 7.30. The van der Waals surface area contributed by atoms with Crippen molar-refractivity contribution < 1.29 is 9.53 Å². The molecule has 3 aromatic carbocycles. The second-order valence-corrected chi connectivity index (χ2v) is 9.78. The first-order chi connectivity index (χ1) is 16.1. The lowest BCUT2D eigenvalue weighted by molar-refractivity contribution is -0.116. The van der Waals surface area contributed by atoms with Gasteiger partial charge in [-0.1, -0.05) is 35.5 Å². The zero-order chi connectivity index (χ0) is 22.8. The van der Waals surface area contributed by atoms with Crippen LogP contribution in [-0.4, -0.2) is 26.7 Å². The summed E-state index contributed by atoms with van der Waals surface area (Å²) in [5, 5.41) is 3.65. The summed E-state index contributed by atoms with van der Waals surface area (Å²) in [4.78, 5) is 22.2. The minimum Gasteiger partial charge on any atom is -0.486 e. The summed E-state index contributed by atoms with van der Waals surface area (Å²) in [6, 6.07) is 20.7. The first-order valence-electron chi connectivity index (χ1n) is 10.2. The van der Waals surface area contributed by atoms with E-state index in [2.05, 4.69) is 15.3 Å². The number of carbonyl (C=O) groups is 1. The lowest BCUT2D eigenvalue weighted by Gasteiger charge is -2.11. The number of ether oxygens (including phenoxy) is 1. The molecule has 1 N–H and O–H groups in total. The Morgan fingerprint density at radius 2 is 1.91 bits per heavy atom. The largest absolute Gasteiger partial charge is 0.486 e. The van der Waals surface area contributed by atoms with Gasteiger partial charge in [-0.2, -0.15) is 0 Å². The molecule has 9 heteroatoms. The molecule has 0 aliphatic carbocycles.